The molecule has 0 fully saturated rings. The van der Waals surface area contributed by atoms with Gasteiger partial charge in [-0.3, -0.25) is 4.79 Å². The number of nitrogens with one attached hydrogen (secondary N) is 2. The third-order valence-electron chi connectivity index (χ3n) is 3.26. The second-order valence-electron chi connectivity index (χ2n) is 4.90. The monoisotopic (exact) mass is 344 g/mol. The Labute approximate surface area is 137 Å². The predicted octanol–water partition coefficient (Wildman–Crippen LogP) is 2.25. The number of carbonyl (C=O) groups excluding carboxylic acids is 1. The van der Waals surface area contributed by atoms with E-state index in [0.717, 1.165) is 6.42 Å². The molecule has 1 unspecified atom stereocenters. The lowest BCUT2D eigenvalue weighted by Crippen LogP contribution is -2.44. The van der Waals surface area contributed by atoms with Crippen molar-refractivity contribution in [1.82, 2.24) is 4.72 Å². The number of aryl methyl sites for hydroxylation is 1. The van der Waals surface area contributed by atoms with Gasteiger partial charge in [-0.05, 0) is 49.5 Å². The lowest BCUT2D eigenvalue weighted by Gasteiger charge is -2.18. The van der Waals surface area contributed by atoms with E-state index in [4.69, 9.17) is 0 Å². The van der Waals surface area contributed by atoms with Crippen molar-refractivity contribution in [3.63, 3.8) is 0 Å². The lowest BCUT2D eigenvalue weighted by atomic mass is 10.1. The van der Waals surface area contributed by atoms with Crippen molar-refractivity contribution < 1.29 is 13.2 Å². The van der Waals surface area contributed by atoms with Crippen molar-refractivity contribution in [2.45, 2.75) is 32.7 Å². The van der Waals surface area contributed by atoms with Gasteiger partial charge in [0.1, 0.15) is 6.04 Å². The molecule has 0 aromatic heterocycles. The van der Waals surface area contributed by atoms with Crippen LogP contribution >= 0.6 is 11.8 Å². The normalized spacial score (nSPS) is 12.9. The van der Waals surface area contributed by atoms with Crippen LogP contribution in [0.2, 0.25) is 0 Å². The summed E-state index contributed by atoms with van der Waals surface area (Å²) in [6.07, 6.45) is 3.31. The Bertz CT molecular complexity index is 571. The molecule has 22 heavy (non-hydrogen) atoms. The van der Waals surface area contributed by atoms with Crippen LogP contribution in [0.15, 0.2) is 24.3 Å². The quantitative estimate of drug-likeness (QED) is 0.720. The number of amides is 1. The van der Waals surface area contributed by atoms with Gasteiger partial charge in [-0.2, -0.15) is 11.8 Å². The zero-order chi connectivity index (χ0) is 16.6. The summed E-state index contributed by atoms with van der Waals surface area (Å²) in [6, 6.07) is 6.81. The molecule has 1 aromatic rings. The summed E-state index contributed by atoms with van der Waals surface area (Å²) in [5.74, 6) is 0.343. The molecule has 2 N–H and O–H groups in total. The highest BCUT2D eigenvalue weighted by molar-refractivity contribution is 7.98. The van der Waals surface area contributed by atoms with E-state index < -0.39 is 16.1 Å². The highest BCUT2D eigenvalue weighted by Gasteiger charge is 2.23. The maximum Gasteiger partial charge on any atom is 0.242 e. The topological polar surface area (TPSA) is 75.3 Å². The highest BCUT2D eigenvalue weighted by atomic mass is 32.2. The van der Waals surface area contributed by atoms with Crippen LogP contribution in [-0.4, -0.2) is 38.1 Å². The first-order chi connectivity index (χ1) is 10.4. The molecule has 0 saturated carbocycles. The number of benzene rings is 1. The molecule has 1 amide bonds. The van der Waals surface area contributed by atoms with Crippen LogP contribution in [-0.2, 0) is 21.2 Å². The molecular formula is C15H24N2O3S2. The fourth-order valence-corrected chi connectivity index (χ4v) is 3.13. The van der Waals surface area contributed by atoms with E-state index in [9.17, 15) is 13.2 Å². The van der Waals surface area contributed by atoms with Gasteiger partial charge in [0.15, 0.2) is 0 Å². The minimum atomic E-state index is -3.42. The number of rotatable bonds is 9. The Kier molecular flexibility index (Phi) is 7.92. The van der Waals surface area contributed by atoms with Crippen LogP contribution < -0.4 is 10.0 Å². The van der Waals surface area contributed by atoms with Gasteiger partial charge in [0.05, 0.1) is 5.75 Å². The first-order valence-electron chi connectivity index (χ1n) is 7.30. The third-order valence-corrected chi connectivity index (χ3v) is 5.31. The van der Waals surface area contributed by atoms with Gasteiger partial charge >= 0.3 is 0 Å². The van der Waals surface area contributed by atoms with Crippen molar-refractivity contribution in [1.29, 1.82) is 0 Å². The molecular weight excluding hydrogens is 320 g/mol. The lowest BCUT2D eigenvalue weighted by molar-refractivity contribution is -0.117. The summed E-state index contributed by atoms with van der Waals surface area (Å²) in [5, 5.41) is 2.77. The van der Waals surface area contributed by atoms with Crippen LogP contribution in [0.3, 0.4) is 0 Å². The number of thioether (sulfide) groups is 1. The van der Waals surface area contributed by atoms with E-state index in [1.807, 2.05) is 30.5 Å². The Morgan fingerprint density at radius 1 is 1.23 bits per heavy atom. The van der Waals surface area contributed by atoms with Gasteiger partial charge in [-0.25, -0.2) is 13.1 Å². The van der Waals surface area contributed by atoms with Gasteiger partial charge < -0.3 is 5.32 Å². The van der Waals surface area contributed by atoms with E-state index in [-0.39, 0.29) is 11.7 Å². The van der Waals surface area contributed by atoms with E-state index in [2.05, 4.69) is 17.0 Å². The van der Waals surface area contributed by atoms with Gasteiger partial charge in [0, 0.05) is 5.69 Å². The molecule has 124 valence electrons. The molecule has 7 heteroatoms. The number of hydrogen-bond donors (Lipinski definition) is 2. The standard InChI is InChI=1S/C15H24N2O3S2/c1-4-12-6-8-13(9-7-12)16-15(18)14(10-11-21-3)17-22(19,20)5-2/h6-9,14,17H,4-5,10-11H2,1-3H3,(H,16,18). The average molecular weight is 345 g/mol. The highest BCUT2D eigenvalue weighted by Crippen LogP contribution is 2.12. The zero-order valence-electron chi connectivity index (χ0n) is 13.3. The first-order valence-corrected chi connectivity index (χ1v) is 10.3. The molecule has 0 aliphatic carbocycles. The second-order valence-corrected chi connectivity index (χ2v) is 7.92. The fraction of sp³-hybridized carbons (Fsp3) is 0.533. The van der Waals surface area contributed by atoms with E-state index in [0.29, 0.717) is 17.9 Å². The minimum Gasteiger partial charge on any atom is -0.325 e. The Morgan fingerprint density at radius 3 is 2.36 bits per heavy atom. The van der Waals surface area contributed by atoms with Gasteiger partial charge in [0.2, 0.25) is 15.9 Å². The van der Waals surface area contributed by atoms with Crippen molar-refractivity contribution in [3.05, 3.63) is 29.8 Å². The van der Waals surface area contributed by atoms with Crippen molar-refractivity contribution >= 4 is 33.4 Å². The molecule has 0 bridgehead atoms. The minimum absolute atomic E-state index is 0.0404. The summed E-state index contributed by atoms with van der Waals surface area (Å²) in [5.41, 5.74) is 1.86. The van der Waals surface area contributed by atoms with Crippen LogP contribution in [0, 0.1) is 0 Å². The summed E-state index contributed by atoms with van der Waals surface area (Å²) >= 11 is 1.58. The van der Waals surface area contributed by atoms with Gasteiger partial charge in [0.25, 0.3) is 0 Å². The molecule has 0 radical (unpaired) electrons. The zero-order valence-corrected chi connectivity index (χ0v) is 14.9. The molecule has 1 aromatic carbocycles. The van der Waals surface area contributed by atoms with E-state index in [1.54, 1.807) is 18.7 Å². The van der Waals surface area contributed by atoms with E-state index >= 15 is 0 Å². The Morgan fingerprint density at radius 2 is 1.86 bits per heavy atom. The maximum absolute atomic E-state index is 12.3. The van der Waals surface area contributed by atoms with Crippen LogP contribution in [0.1, 0.15) is 25.8 Å². The molecule has 0 aliphatic heterocycles. The molecule has 0 aliphatic rings. The van der Waals surface area contributed by atoms with Crippen LogP contribution in [0.4, 0.5) is 5.69 Å². The molecule has 1 atom stereocenters. The smallest absolute Gasteiger partial charge is 0.242 e. The summed E-state index contributed by atoms with van der Waals surface area (Å²) in [6.45, 7) is 3.61. The Hall–Kier alpha value is -1.05. The molecule has 0 spiro atoms. The Balaban J connectivity index is 2.77. The molecule has 0 saturated heterocycles. The van der Waals surface area contributed by atoms with Gasteiger partial charge in [-0.1, -0.05) is 19.1 Å². The molecule has 1 rings (SSSR count). The molecule has 0 heterocycles. The van der Waals surface area contributed by atoms with Gasteiger partial charge in [-0.15, -0.1) is 0 Å². The largest absolute Gasteiger partial charge is 0.325 e. The summed E-state index contributed by atoms with van der Waals surface area (Å²) in [4.78, 5) is 12.3. The summed E-state index contributed by atoms with van der Waals surface area (Å²) in [7, 11) is -3.42. The number of hydrogen-bond acceptors (Lipinski definition) is 4. The molecule has 5 nitrogen and oxygen atoms in total. The van der Waals surface area contributed by atoms with Crippen LogP contribution in [0.25, 0.3) is 0 Å². The van der Waals surface area contributed by atoms with Crippen molar-refractivity contribution in [3.8, 4) is 0 Å². The summed E-state index contributed by atoms with van der Waals surface area (Å²) < 4.78 is 25.9. The first kappa shape index (κ1) is 19.0. The number of sulfonamides is 1. The third kappa shape index (κ3) is 6.37. The predicted molar refractivity (Wildman–Crippen MR) is 93.8 cm³/mol. The average Bonchev–Trinajstić information content (AvgIpc) is 2.52. The van der Waals surface area contributed by atoms with Crippen molar-refractivity contribution in [2.24, 2.45) is 0 Å². The fourth-order valence-electron chi connectivity index (χ4n) is 1.83. The second kappa shape index (κ2) is 9.17. The maximum atomic E-state index is 12.3. The number of anilines is 1. The number of carbonyl (C=O) groups is 1. The SMILES string of the molecule is CCc1ccc(NC(=O)C(CCSC)NS(=O)(=O)CC)cc1. The van der Waals surface area contributed by atoms with Crippen LogP contribution in [0.5, 0.6) is 0 Å². The van der Waals surface area contributed by atoms with Crippen molar-refractivity contribution in [2.75, 3.05) is 23.1 Å². The van der Waals surface area contributed by atoms with E-state index in [1.165, 1.54) is 5.56 Å².